The Labute approximate surface area is 147 Å². The zero-order chi connectivity index (χ0) is 18.8. The molecule has 0 unspecified atom stereocenters. The minimum absolute atomic E-state index is 0.0823. The van der Waals surface area contributed by atoms with Crippen molar-refractivity contribution in [3.05, 3.63) is 45.4 Å². The molecule has 2 rings (SSSR count). The van der Waals surface area contributed by atoms with E-state index in [1.807, 2.05) is 20.8 Å². The van der Waals surface area contributed by atoms with E-state index in [0.717, 1.165) is 16.9 Å². The zero-order valence-corrected chi connectivity index (χ0v) is 14.5. The molecule has 0 saturated carbocycles. The van der Waals surface area contributed by atoms with Gasteiger partial charge in [0.2, 0.25) is 11.7 Å². The molecule has 25 heavy (non-hydrogen) atoms. The average Bonchev–Trinajstić information content (AvgIpc) is 2.75. The lowest BCUT2D eigenvalue weighted by Crippen LogP contribution is -2.42. The molecule has 0 fully saturated rings. The van der Waals surface area contributed by atoms with Crippen molar-refractivity contribution in [2.75, 3.05) is 0 Å². The standard InChI is InChI=1S/C15H16ClFN4O4/c1-15(2,3)18-13(22)8-20-7-11(17)14(19-20)25-9-4-5-12(21(23)24)10(16)6-9/h4-7H,8H2,1-3H3,(H,18,22). The number of ether oxygens (including phenoxy) is 1. The van der Waals surface area contributed by atoms with Gasteiger partial charge in [-0.25, -0.2) is 0 Å². The van der Waals surface area contributed by atoms with E-state index in [4.69, 9.17) is 16.3 Å². The number of nitrogens with one attached hydrogen (secondary N) is 1. The number of aromatic nitrogens is 2. The highest BCUT2D eigenvalue weighted by Gasteiger charge is 2.18. The van der Waals surface area contributed by atoms with E-state index in [2.05, 4.69) is 10.4 Å². The molecule has 0 aliphatic rings. The summed E-state index contributed by atoms with van der Waals surface area (Å²) >= 11 is 5.77. The van der Waals surface area contributed by atoms with Crippen molar-refractivity contribution in [1.29, 1.82) is 0 Å². The molecule has 1 aromatic heterocycles. The number of nitro groups is 1. The van der Waals surface area contributed by atoms with Gasteiger partial charge >= 0.3 is 0 Å². The molecule has 1 aromatic carbocycles. The van der Waals surface area contributed by atoms with Crippen LogP contribution in [-0.2, 0) is 11.3 Å². The van der Waals surface area contributed by atoms with Crippen molar-refractivity contribution in [3.8, 4) is 11.6 Å². The fourth-order valence-electron chi connectivity index (χ4n) is 1.95. The second-order valence-electron chi connectivity index (χ2n) is 6.25. The van der Waals surface area contributed by atoms with Crippen LogP contribution in [0.15, 0.2) is 24.4 Å². The highest BCUT2D eigenvalue weighted by molar-refractivity contribution is 6.32. The lowest BCUT2D eigenvalue weighted by molar-refractivity contribution is -0.384. The van der Waals surface area contributed by atoms with Gasteiger partial charge in [-0.3, -0.25) is 19.6 Å². The van der Waals surface area contributed by atoms with Crippen molar-refractivity contribution in [3.63, 3.8) is 0 Å². The number of carbonyl (C=O) groups excluding carboxylic acids is 1. The second-order valence-corrected chi connectivity index (χ2v) is 6.66. The number of rotatable bonds is 5. The second kappa shape index (κ2) is 7.06. The van der Waals surface area contributed by atoms with Gasteiger partial charge in [0, 0.05) is 17.7 Å². The van der Waals surface area contributed by atoms with Crippen LogP contribution in [0.3, 0.4) is 0 Å². The van der Waals surface area contributed by atoms with E-state index >= 15 is 0 Å². The number of carbonyl (C=O) groups is 1. The highest BCUT2D eigenvalue weighted by Crippen LogP contribution is 2.31. The minimum Gasteiger partial charge on any atom is -0.435 e. The molecule has 8 nitrogen and oxygen atoms in total. The summed E-state index contributed by atoms with van der Waals surface area (Å²) in [7, 11) is 0. The number of hydrogen-bond donors (Lipinski definition) is 1. The van der Waals surface area contributed by atoms with Gasteiger partial charge in [0.25, 0.3) is 11.6 Å². The Balaban J connectivity index is 2.11. The van der Waals surface area contributed by atoms with Crippen LogP contribution in [0.2, 0.25) is 5.02 Å². The Morgan fingerprint density at radius 3 is 2.72 bits per heavy atom. The van der Waals surface area contributed by atoms with Gasteiger partial charge in [-0.15, -0.1) is 5.10 Å². The molecule has 0 aliphatic carbocycles. The molecule has 0 aliphatic heterocycles. The van der Waals surface area contributed by atoms with Gasteiger partial charge in [0.15, 0.2) is 0 Å². The average molecular weight is 371 g/mol. The van der Waals surface area contributed by atoms with Crippen LogP contribution in [0.4, 0.5) is 10.1 Å². The van der Waals surface area contributed by atoms with Crippen molar-refractivity contribution in [2.45, 2.75) is 32.9 Å². The number of benzene rings is 1. The topological polar surface area (TPSA) is 99.3 Å². The third-order valence-electron chi connectivity index (χ3n) is 2.84. The van der Waals surface area contributed by atoms with E-state index in [1.165, 1.54) is 12.1 Å². The predicted molar refractivity (Wildman–Crippen MR) is 88.3 cm³/mol. The molecular weight excluding hydrogens is 355 g/mol. The van der Waals surface area contributed by atoms with Gasteiger partial charge in [0.1, 0.15) is 17.3 Å². The summed E-state index contributed by atoms with van der Waals surface area (Å²) in [5, 5.41) is 17.1. The van der Waals surface area contributed by atoms with Crippen LogP contribution in [0, 0.1) is 15.9 Å². The number of nitrogens with zero attached hydrogens (tertiary/aromatic N) is 3. The Kier molecular flexibility index (Phi) is 5.27. The Bertz CT molecular complexity index is 816. The smallest absolute Gasteiger partial charge is 0.288 e. The normalized spacial score (nSPS) is 11.2. The minimum atomic E-state index is -0.780. The summed E-state index contributed by atoms with van der Waals surface area (Å²) in [6.45, 7) is 5.28. The number of halogens is 2. The van der Waals surface area contributed by atoms with Gasteiger partial charge in [-0.1, -0.05) is 11.6 Å². The van der Waals surface area contributed by atoms with Crippen molar-refractivity contribution in [1.82, 2.24) is 15.1 Å². The van der Waals surface area contributed by atoms with Crippen molar-refractivity contribution < 1.29 is 18.8 Å². The van der Waals surface area contributed by atoms with E-state index in [1.54, 1.807) is 0 Å². The lowest BCUT2D eigenvalue weighted by atomic mass is 10.1. The molecule has 2 aromatic rings. The summed E-state index contributed by atoms with van der Waals surface area (Å²) in [4.78, 5) is 21.9. The van der Waals surface area contributed by atoms with Crippen molar-refractivity contribution >= 4 is 23.2 Å². The maximum Gasteiger partial charge on any atom is 0.288 e. The quantitative estimate of drug-likeness (QED) is 0.643. The van der Waals surface area contributed by atoms with E-state index in [-0.39, 0.29) is 34.8 Å². The molecule has 1 heterocycles. The summed E-state index contributed by atoms with van der Waals surface area (Å²) in [6, 6.07) is 3.60. The number of amides is 1. The largest absolute Gasteiger partial charge is 0.435 e. The summed E-state index contributed by atoms with van der Waals surface area (Å²) in [5.41, 5.74) is -0.712. The molecule has 134 valence electrons. The van der Waals surface area contributed by atoms with Crippen LogP contribution in [-0.4, -0.2) is 26.1 Å². The summed E-state index contributed by atoms with van der Waals surface area (Å²) in [5.74, 6) is -1.40. The first-order valence-electron chi connectivity index (χ1n) is 7.21. The lowest BCUT2D eigenvalue weighted by Gasteiger charge is -2.20. The summed E-state index contributed by atoms with van der Waals surface area (Å²) in [6.07, 6.45) is 1.02. The van der Waals surface area contributed by atoms with E-state index < -0.39 is 16.3 Å². The summed E-state index contributed by atoms with van der Waals surface area (Å²) < 4.78 is 20.2. The maximum atomic E-state index is 13.9. The third kappa shape index (κ3) is 5.15. The molecule has 1 amide bonds. The fraction of sp³-hybridized carbons (Fsp3) is 0.333. The molecule has 10 heteroatoms. The molecule has 0 radical (unpaired) electrons. The predicted octanol–water partition coefficient (Wildman–Crippen LogP) is 3.29. The first-order chi connectivity index (χ1) is 11.5. The van der Waals surface area contributed by atoms with Crippen molar-refractivity contribution in [2.24, 2.45) is 0 Å². The molecule has 0 atom stereocenters. The fourth-order valence-corrected chi connectivity index (χ4v) is 2.18. The molecular formula is C15H16ClFN4O4. The molecule has 0 bridgehead atoms. The van der Waals surface area contributed by atoms with Gasteiger partial charge < -0.3 is 10.1 Å². The number of nitro benzene ring substituents is 1. The molecule has 0 saturated heterocycles. The Hall–Kier alpha value is -2.68. The first-order valence-corrected chi connectivity index (χ1v) is 7.59. The zero-order valence-electron chi connectivity index (χ0n) is 13.7. The van der Waals surface area contributed by atoms with E-state index in [0.29, 0.717) is 0 Å². The number of hydrogen-bond acceptors (Lipinski definition) is 5. The molecule has 0 spiro atoms. The third-order valence-corrected chi connectivity index (χ3v) is 3.14. The van der Waals surface area contributed by atoms with Gasteiger partial charge in [-0.2, -0.15) is 4.39 Å². The maximum absolute atomic E-state index is 13.9. The highest BCUT2D eigenvalue weighted by atomic mass is 35.5. The first kappa shape index (κ1) is 18.7. The molecule has 1 N–H and O–H groups in total. The Morgan fingerprint density at radius 1 is 1.48 bits per heavy atom. The SMILES string of the molecule is CC(C)(C)NC(=O)Cn1cc(F)c(Oc2ccc([N+](=O)[O-])c(Cl)c2)n1. The van der Waals surface area contributed by atoms with Crippen LogP contribution >= 0.6 is 11.6 Å². The van der Waals surface area contributed by atoms with Gasteiger partial charge in [0.05, 0.1) is 11.1 Å². The van der Waals surface area contributed by atoms with E-state index in [9.17, 15) is 19.3 Å². The Morgan fingerprint density at radius 2 is 2.16 bits per heavy atom. The van der Waals surface area contributed by atoms with Gasteiger partial charge in [-0.05, 0) is 26.8 Å². The van der Waals surface area contributed by atoms with Crippen LogP contribution < -0.4 is 10.1 Å². The van der Waals surface area contributed by atoms with Crippen LogP contribution in [0.1, 0.15) is 20.8 Å². The van der Waals surface area contributed by atoms with Crippen LogP contribution in [0.5, 0.6) is 11.6 Å². The monoisotopic (exact) mass is 370 g/mol. The van der Waals surface area contributed by atoms with Crippen LogP contribution in [0.25, 0.3) is 0 Å².